The van der Waals surface area contributed by atoms with Crippen LogP contribution in [0.1, 0.15) is 6.42 Å². The molecule has 0 amide bonds. The van der Waals surface area contributed by atoms with Crippen molar-refractivity contribution in [2.75, 3.05) is 26.9 Å². The fourth-order valence-electron chi connectivity index (χ4n) is 0.983. The van der Waals surface area contributed by atoms with E-state index in [2.05, 4.69) is 0 Å². The van der Waals surface area contributed by atoms with Crippen LogP contribution in [0.25, 0.3) is 0 Å². The summed E-state index contributed by atoms with van der Waals surface area (Å²) in [4.78, 5) is 9.58. The highest BCUT2D eigenvalue weighted by molar-refractivity contribution is 6.64. The Hall–Kier alpha value is 0.0569. The minimum Gasteiger partial charge on any atom is -0.411 e. The first kappa shape index (κ1) is 11.1. The van der Waals surface area contributed by atoms with Gasteiger partial charge in [-0.25, -0.2) is 0 Å². The summed E-state index contributed by atoms with van der Waals surface area (Å²) in [7, 11) is -0.789. The largest absolute Gasteiger partial charge is 0.411 e. The molecule has 1 rings (SSSR count). The fraction of sp³-hybridized carbons (Fsp3) is 1.00. The number of hydrogen-bond acceptors (Lipinski definition) is 4. The van der Waals surface area contributed by atoms with Crippen LogP contribution in [0.15, 0.2) is 0 Å². The standard InChI is InChI=1S/C8H18O4Si/c1-10-13(2,9)5-3-4-11-6-8-7-12-8/h8-9H,3-7H2,1-2H3. The molecule has 2 unspecified atom stereocenters. The Morgan fingerprint density at radius 2 is 2.31 bits per heavy atom. The monoisotopic (exact) mass is 206 g/mol. The van der Waals surface area contributed by atoms with Gasteiger partial charge in [-0.3, -0.25) is 0 Å². The van der Waals surface area contributed by atoms with E-state index in [1.54, 1.807) is 13.7 Å². The van der Waals surface area contributed by atoms with Crippen LogP contribution < -0.4 is 0 Å². The Balaban J connectivity index is 1.87. The number of hydrogen-bond donors (Lipinski definition) is 1. The normalized spacial score (nSPS) is 25.6. The lowest BCUT2D eigenvalue weighted by Crippen LogP contribution is -2.33. The molecule has 4 nitrogen and oxygen atoms in total. The third-order valence-electron chi connectivity index (χ3n) is 2.08. The van der Waals surface area contributed by atoms with Gasteiger partial charge in [-0.2, -0.15) is 0 Å². The van der Waals surface area contributed by atoms with E-state index < -0.39 is 8.56 Å². The van der Waals surface area contributed by atoms with Gasteiger partial charge in [-0.1, -0.05) is 0 Å². The second kappa shape index (κ2) is 5.07. The molecule has 0 spiro atoms. The predicted octanol–water partition coefficient (Wildman–Crippen LogP) is 0.503. The quantitative estimate of drug-likeness (QED) is 0.374. The van der Waals surface area contributed by atoms with Crippen molar-refractivity contribution in [3.8, 4) is 0 Å². The van der Waals surface area contributed by atoms with Gasteiger partial charge in [-0.05, 0) is 19.0 Å². The second-order valence-corrected chi connectivity index (χ2v) is 6.77. The minimum absolute atomic E-state index is 0.334. The molecule has 1 heterocycles. The van der Waals surface area contributed by atoms with Gasteiger partial charge in [0.05, 0.1) is 13.2 Å². The highest BCUT2D eigenvalue weighted by atomic mass is 28.4. The molecule has 0 aromatic rings. The zero-order chi connectivity index (χ0) is 9.73. The van der Waals surface area contributed by atoms with E-state index in [4.69, 9.17) is 13.9 Å². The Morgan fingerprint density at radius 1 is 1.62 bits per heavy atom. The van der Waals surface area contributed by atoms with Gasteiger partial charge in [0, 0.05) is 13.7 Å². The Kier molecular flexibility index (Phi) is 4.34. The first-order valence-electron chi connectivity index (χ1n) is 4.61. The van der Waals surface area contributed by atoms with Gasteiger partial charge in [0.15, 0.2) is 0 Å². The topological polar surface area (TPSA) is 51.2 Å². The van der Waals surface area contributed by atoms with Crippen LogP contribution in [-0.2, 0) is 13.9 Å². The van der Waals surface area contributed by atoms with Crippen molar-refractivity contribution in [3.05, 3.63) is 0 Å². The zero-order valence-corrected chi connectivity index (χ0v) is 9.28. The maximum absolute atomic E-state index is 9.58. The van der Waals surface area contributed by atoms with Crippen molar-refractivity contribution in [2.24, 2.45) is 0 Å². The van der Waals surface area contributed by atoms with Gasteiger partial charge in [-0.15, -0.1) is 0 Å². The van der Waals surface area contributed by atoms with E-state index in [9.17, 15) is 4.80 Å². The number of rotatable bonds is 7. The molecule has 0 radical (unpaired) electrons. The van der Waals surface area contributed by atoms with E-state index >= 15 is 0 Å². The van der Waals surface area contributed by atoms with Gasteiger partial charge < -0.3 is 18.7 Å². The maximum atomic E-state index is 9.58. The van der Waals surface area contributed by atoms with Gasteiger partial charge in [0.2, 0.25) is 0 Å². The molecular weight excluding hydrogens is 188 g/mol. The van der Waals surface area contributed by atoms with Gasteiger partial charge >= 0.3 is 8.56 Å². The van der Waals surface area contributed by atoms with Crippen molar-refractivity contribution in [2.45, 2.75) is 25.1 Å². The minimum atomic E-state index is -2.35. The molecule has 1 N–H and O–H groups in total. The van der Waals surface area contributed by atoms with Crippen LogP contribution >= 0.6 is 0 Å². The number of epoxide rings is 1. The Bertz CT molecular complexity index is 147. The molecule has 1 fully saturated rings. The smallest absolute Gasteiger partial charge is 0.332 e. The predicted molar refractivity (Wildman–Crippen MR) is 50.8 cm³/mol. The zero-order valence-electron chi connectivity index (χ0n) is 8.28. The van der Waals surface area contributed by atoms with Crippen molar-refractivity contribution in [1.82, 2.24) is 0 Å². The van der Waals surface area contributed by atoms with E-state index in [1.807, 2.05) is 0 Å². The molecule has 1 aliphatic rings. The van der Waals surface area contributed by atoms with Crippen LogP contribution in [0.4, 0.5) is 0 Å². The SMILES string of the molecule is CO[Si](C)(O)CCCOCC1CO1. The van der Waals surface area contributed by atoms with Crippen molar-refractivity contribution >= 4 is 8.56 Å². The van der Waals surface area contributed by atoms with Crippen LogP contribution in [-0.4, -0.2) is 46.4 Å². The first-order valence-corrected chi connectivity index (χ1v) is 7.17. The average molecular weight is 206 g/mol. The van der Waals surface area contributed by atoms with Crippen molar-refractivity contribution in [1.29, 1.82) is 0 Å². The summed E-state index contributed by atoms with van der Waals surface area (Å²) in [5.41, 5.74) is 0. The lowest BCUT2D eigenvalue weighted by atomic mass is 10.5. The first-order chi connectivity index (χ1) is 6.14. The fourth-order valence-corrected chi connectivity index (χ4v) is 1.99. The molecule has 0 aromatic heterocycles. The van der Waals surface area contributed by atoms with Crippen LogP contribution in [0.3, 0.4) is 0 Å². The third kappa shape index (κ3) is 5.38. The second-order valence-electron chi connectivity index (χ2n) is 3.51. The van der Waals surface area contributed by atoms with E-state index in [0.717, 1.165) is 19.1 Å². The number of ether oxygens (including phenoxy) is 2. The lowest BCUT2D eigenvalue weighted by Gasteiger charge is -2.16. The van der Waals surface area contributed by atoms with Crippen LogP contribution in [0, 0.1) is 0 Å². The molecule has 0 aliphatic carbocycles. The third-order valence-corrected chi connectivity index (χ3v) is 4.24. The molecule has 13 heavy (non-hydrogen) atoms. The summed E-state index contributed by atoms with van der Waals surface area (Å²) in [6.45, 7) is 4.00. The lowest BCUT2D eigenvalue weighted by molar-refractivity contribution is 0.115. The van der Waals surface area contributed by atoms with Crippen molar-refractivity contribution < 1.29 is 18.7 Å². The molecule has 0 bridgehead atoms. The molecule has 1 saturated heterocycles. The molecule has 0 aromatic carbocycles. The van der Waals surface area contributed by atoms with Crippen LogP contribution in [0.2, 0.25) is 12.6 Å². The van der Waals surface area contributed by atoms with E-state index in [-0.39, 0.29) is 0 Å². The summed E-state index contributed by atoms with van der Waals surface area (Å²) in [6, 6.07) is 0.731. The molecular formula is C8H18O4Si. The Labute approximate surface area is 80.1 Å². The Morgan fingerprint density at radius 3 is 2.85 bits per heavy atom. The maximum Gasteiger partial charge on any atom is 0.332 e. The molecule has 5 heteroatoms. The highest BCUT2D eigenvalue weighted by Crippen LogP contribution is 2.11. The molecule has 2 atom stereocenters. The summed E-state index contributed by atoms with van der Waals surface area (Å²) in [5, 5.41) is 0. The van der Waals surface area contributed by atoms with Gasteiger partial charge in [0.1, 0.15) is 6.10 Å². The summed E-state index contributed by atoms with van der Waals surface area (Å²) in [6.07, 6.45) is 1.19. The van der Waals surface area contributed by atoms with E-state index in [1.165, 1.54) is 0 Å². The molecule has 1 aliphatic heterocycles. The molecule has 0 saturated carbocycles. The molecule has 78 valence electrons. The van der Waals surface area contributed by atoms with E-state index in [0.29, 0.717) is 19.3 Å². The summed E-state index contributed by atoms with van der Waals surface area (Å²) < 4.78 is 15.3. The van der Waals surface area contributed by atoms with Crippen LogP contribution in [0.5, 0.6) is 0 Å². The van der Waals surface area contributed by atoms with Crippen molar-refractivity contribution in [3.63, 3.8) is 0 Å². The average Bonchev–Trinajstić information content (AvgIpc) is 2.87. The summed E-state index contributed by atoms with van der Waals surface area (Å²) >= 11 is 0. The highest BCUT2D eigenvalue weighted by Gasteiger charge is 2.25. The summed E-state index contributed by atoms with van der Waals surface area (Å²) in [5.74, 6) is 0. The van der Waals surface area contributed by atoms with Gasteiger partial charge in [0.25, 0.3) is 0 Å².